The third kappa shape index (κ3) is 9.25. The monoisotopic (exact) mass is 807 g/mol. The Morgan fingerprint density at radius 3 is 2.49 bits per heavy atom. The maximum atomic E-state index is 14.4. The van der Waals surface area contributed by atoms with Crippen LogP contribution in [0.2, 0.25) is 0 Å². The van der Waals surface area contributed by atoms with Crippen molar-refractivity contribution < 1.29 is 39.0 Å². The second-order valence-electron chi connectivity index (χ2n) is 16.2. The zero-order chi connectivity index (χ0) is 41.4. The number of carbonyl (C=O) groups is 1. The summed E-state index contributed by atoms with van der Waals surface area (Å²) >= 11 is 0. The lowest BCUT2D eigenvalue weighted by atomic mass is 9.55. The molecule has 2 fully saturated rings. The number of rotatable bonds is 21. The Hall–Kier alpha value is -5.04. The molecule has 3 aromatic carbocycles. The quantitative estimate of drug-likeness (QED) is 0.0465. The predicted octanol–water partition coefficient (Wildman–Crippen LogP) is 8.87. The van der Waals surface area contributed by atoms with Gasteiger partial charge < -0.3 is 34.2 Å². The lowest BCUT2D eigenvalue weighted by Gasteiger charge is -2.60. The summed E-state index contributed by atoms with van der Waals surface area (Å²) in [6.45, 7) is 7.25. The Morgan fingerprint density at radius 1 is 1.02 bits per heavy atom. The molecule has 12 nitrogen and oxygen atoms in total. The molecule has 2 saturated carbocycles. The standard InChI is InChI=1S/C47H57N3O9/c1-3-23-49(46(53)33-19-20-33)43-30-41(48-57-31-32-13-6-5-7-14-32)39-27-34(15-8-10-24-51)38(18-9-11-25-52)44-40-29-37(58-36-17-12-16-35(28-36)50(54)55)21-22-42(40)59-47(43,45(39)44)56-26-4-2/h4-7,12-14,16-17,21-22,27-29,33-34,38,43-45,51-52H,2-3,8-11,15,18-20,23-26,30-31H2,1H3/t34-,38+,43-,44+,45+,47+/m0/s1. The van der Waals surface area contributed by atoms with Gasteiger partial charge in [0.25, 0.3) is 5.69 Å². The maximum Gasteiger partial charge on any atom is 0.273 e. The number of benzene rings is 3. The first-order valence-corrected chi connectivity index (χ1v) is 21.3. The summed E-state index contributed by atoms with van der Waals surface area (Å²) in [5.41, 5.74) is 3.53. The van der Waals surface area contributed by atoms with Crippen molar-refractivity contribution in [2.75, 3.05) is 26.4 Å². The molecule has 0 spiro atoms. The largest absolute Gasteiger partial charge is 0.459 e. The number of ether oxygens (including phenoxy) is 3. The van der Waals surface area contributed by atoms with Crippen LogP contribution in [0.4, 0.5) is 5.69 Å². The summed E-state index contributed by atoms with van der Waals surface area (Å²) in [5.74, 6) is -0.388. The fraction of sp³-hybridized carbons (Fsp3) is 0.489. The van der Waals surface area contributed by atoms with E-state index in [4.69, 9.17) is 24.2 Å². The van der Waals surface area contributed by atoms with E-state index in [0.29, 0.717) is 43.1 Å². The van der Waals surface area contributed by atoms with Gasteiger partial charge >= 0.3 is 0 Å². The van der Waals surface area contributed by atoms with Crippen molar-refractivity contribution in [2.45, 2.75) is 95.5 Å². The summed E-state index contributed by atoms with van der Waals surface area (Å²) in [6.07, 6.45) is 11.4. The second-order valence-corrected chi connectivity index (χ2v) is 16.2. The molecule has 314 valence electrons. The normalized spacial score (nSPS) is 24.9. The minimum atomic E-state index is -1.33. The molecular weight excluding hydrogens is 751 g/mol. The molecule has 3 aliphatic carbocycles. The highest BCUT2D eigenvalue weighted by molar-refractivity contribution is 6.03. The number of aliphatic hydroxyl groups excluding tert-OH is 2. The van der Waals surface area contributed by atoms with E-state index >= 15 is 0 Å². The fourth-order valence-electron chi connectivity index (χ4n) is 9.49. The third-order valence-electron chi connectivity index (χ3n) is 12.2. The van der Waals surface area contributed by atoms with Gasteiger partial charge in [-0.05, 0) is 92.2 Å². The van der Waals surface area contributed by atoms with Crippen LogP contribution in [0.3, 0.4) is 0 Å². The number of nitro groups is 1. The molecule has 2 N–H and O–H groups in total. The molecule has 7 rings (SSSR count). The van der Waals surface area contributed by atoms with Crippen molar-refractivity contribution in [1.82, 2.24) is 4.90 Å². The molecule has 1 aliphatic heterocycles. The summed E-state index contributed by atoms with van der Waals surface area (Å²) in [6, 6.07) is 21.1. The van der Waals surface area contributed by atoms with Crippen LogP contribution in [-0.2, 0) is 21.0 Å². The number of unbranched alkanes of at least 4 members (excludes halogenated alkanes) is 2. The number of hydrogen-bond donors (Lipinski definition) is 2. The van der Waals surface area contributed by atoms with Crippen LogP contribution in [0.25, 0.3) is 0 Å². The van der Waals surface area contributed by atoms with Gasteiger partial charge in [0.1, 0.15) is 29.9 Å². The molecule has 59 heavy (non-hydrogen) atoms. The van der Waals surface area contributed by atoms with Gasteiger partial charge in [-0.1, -0.05) is 73.5 Å². The number of oxime groups is 1. The fourth-order valence-corrected chi connectivity index (χ4v) is 9.49. The Kier molecular flexibility index (Phi) is 13.8. The first-order chi connectivity index (χ1) is 28.8. The summed E-state index contributed by atoms with van der Waals surface area (Å²) < 4.78 is 20.7. The second kappa shape index (κ2) is 19.4. The number of non-ortho nitro benzene ring substituents is 1. The number of allylic oxidation sites excluding steroid dienone is 1. The van der Waals surface area contributed by atoms with E-state index in [0.717, 1.165) is 67.4 Å². The lowest BCUT2D eigenvalue weighted by molar-refractivity contribution is -0.384. The molecule has 4 aliphatic rings. The van der Waals surface area contributed by atoms with E-state index in [9.17, 15) is 25.1 Å². The molecule has 1 heterocycles. The van der Waals surface area contributed by atoms with Gasteiger partial charge in [-0.15, -0.1) is 6.58 Å². The van der Waals surface area contributed by atoms with E-state index in [1.54, 1.807) is 24.3 Å². The minimum Gasteiger partial charge on any atom is -0.459 e. The van der Waals surface area contributed by atoms with Crippen LogP contribution in [0.5, 0.6) is 17.2 Å². The highest BCUT2D eigenvalue weighted by Gasteiger charge is 2.65. The average Bonchev–Trinajstić information content (AvgIpc) is 4.10. The van der Waals surface area contributed by atoms with Crippen molar-refractivity contribution in [3.63, 3.8) is 0 Å². The van der Waals surface area contributed by atoms with Crippen LogP contribution < -0.4 is 9.47 Å². The Morgan fingerprint density at radius 2 is 1.78 bits per heavy atom. The number of nitrogens with zero attached hydrogens (tertiary/aromatic N) is 3. The van der Waals surface area contributed by atoms with Gasteiger partial charge in [0, 0.05) is 49.6 Å². The minimum absolute atomic E-state index is 0.0420. The van der Waals surface area contributed by atoms with Gasteiger partial charge in [0.15, 0.2) is 0 Å². The third-order valence-corrected chi connectivity index (χ3v) is 12.2. The highest BCUT2D eigenvalue weighted by atomic mass is 16.7. The number of carbonyl (C=O) groups excluding carboxylic acids is 1. The molecule has 0 bridgehead atoms. The number of hydrogen-bond acceptors (Lipinski definition) is 10. The molecule has 0 aromatic heterocycles. The average molecular weight is 808 g/mol. The Balaban J connectivity index is 1.42. The van der Waals surface area contributed by atoms with E-state index in [1.807, 2.05) is 47.4 Å². The summed E-state index contributed by atoms with van der Waals surface area (Å²) in [7, 11) is 0. The zero-order valence-corrected chi connectivity index (χ0v) is 34.0. The maximum absolute atomic E-state index is 14.4. The SMILES string of the molecule is C=CCO[C@@]12Oc3ccc(Oc4cccc([N+](=O)[O-])c4)cc3[C@H]3[C@H](CCCCO)[C@@H](CCCCO)C=C(C(=NOCc4ccccc4)C[C@@H]1N(CCC)C(=O)C1CC1)[C@H]32. The molecule has 0 radical (unpaired) electrons. The summed E-state index contributed by atoms with van der Waals surface area (Å²) in [5, 5.41) is 36.4. The van der Waals surface area contributed by atoms with Crippen LogP contribution in [0, 0.1) is 33.8 Å². The van der Waals surface area contributed by atoms with E-state index in [1.165, 1.54) is 12.1 Å². The smallest absolute Gasteiger partial charge is 0.273 e. The van der Waals surface area contributed by atoms with E-state index < -0.39 is 22.7 Å². The van der Waals surface area contributed by atoms with Crippen molar-refractivity contribution in [1.29, 1.82) is 0 Å². The number of aliphatic hydroxyl groups is 2. The van der Waals surface area contributed by atoms with Gasteiger partial charge in [0.2, 0.25) is 11.7 Å². The first-order valence-electron chi connectivity index (χ1n) is 21.3. The van der Waals surface area contributed by atoms with E-state index in [2.05, 4.69) is 19.6 Å². The van der Waals surface area contributed by atoms with Crippen LogP contribution in [0.15, 0.2) is 102 Å². The lowest BCUT2D eigenvalue weighted by Crippen LogP contribution is -2.70. The van der Waals surface area contributed by atoms with Crippen LogP contribution in [-0.4, -0.2) is 69.8 Å². The molecular formula is C47H57N3O9. The Bertz CT molecular complexity index is 2000. The molecule has 12 heteroatoms. The Labute approximate surface area is 346 Å². The van der Waals surface area contributed by atoms with Crippen molar-refractivity contribution in [2.24, 2.45) is 28.8 Å². The number of fused-ring (bicyclic) bond motifs is 2. The van der Waals surface area contributed by atoms with Crippen LogP contribution >= 0.6 is 0 Å². The zero-order valence-electron chi connectivity index (χ0n) is 34.0. The highest BCUT2D eigenvalue weighted by Crippen LogP contribution is 2.62. The molecule has 0 saturated heterocycles. The predicted molar refractivity (Wildman–Crippen MR) is 224 cm³/mol. The molecule has 3 aromatic rings. The molecule has 6 atom stereocenters. The van der Waals surface area contributed by atoms with Crippen molar-refractivity contribution in [3.05, 3.63) is 118 Å². The van der Waals surface area contributed by atoms with Crippen LogP contribution in [0.1, 0.15) is 88.2 Å². The number of amides is 1. The van der Waals surface area contributed by atoms with Crippen molar-refractivity contribution >= 4 is 17.3 Å². The van der Waals surface area contributed by atoms with Gasteiger partial charge in [-0.25, -0.2) is 0 Å². The number of nitro benzene ring substituents is 1. The topological polar surface area (TPSA) is 153 Å². The van der Waals surface area contributed by atoms with E-state index in [-0.39, 0.29) is 61.7 Å². The first kappa shape index (κ1) is 42.1. The van der Waals surface area contributed by atoms with Crippen molar-refractivity contribution in [3.8, 4) is 17.2 Å². The van der Waals surface area contributed by atoms with Gasteiger partial charge in [0.05, 0.1) is 29.2 Å². The molecule has 0 unspecified atom stereocenters. The summed E-state index contributed by atoms with van der Waals surface area (Å²) in [4.78, 5) is 33.8. The van der Waals surface area contributed by atoms with Gasteiger partial charge in [-0.3, -0.25) is 14.9 Å². The van der Waals surface area contributed by atoms with Gasteiger partial charge in [-0.2, -0.15) is 0 Å². The molecule has 1 amide bonds.